The normalized spacial score (nSPS) is 15.2. The van der Waals surface area contributed by atoms with E-state index in [2.05, 4.69) is 32.6 Å². The van der Waals surface area contributed by atoms with E-state index in [-0.39, 0.29) is 5.92 Å². The van der Waals surface area contributed by atoms with Crippen molar-refractivity contribution in [3.8, 4) is 0 Å². The molecule has 0 aromatic heterocycles. The molecule has 0 aliphatic carbocycles. The minimum Gasteiger partial charge on any atom is -0.392 e. The van der Waals surface area contributed by atoms with Crippen LogP contribution < -0.4 is 0 Å². The summed E-state index contributed by atoms with van der Waals surface area (Å²) in [5.41, 5.74) is 3.38. The van der Waals surface area contributed by atoms with Gasteiger partial charge in [-0.3, -0.25) is 0 Å². The van der Waals surface area contributed by atoms with E-state index in [1.165, 1.54) is 5.56 Å². The predicted molar refractivity (Wildman–Crippen MR) is 94.8 cm³/mol. The Hall–Kier alpha value is -1.12. The van der Waals surface area contributed by atoms with Gasteiger partial charge in [0.1, 0.15) is 0 Å². The molecule has 0 spiro atoms. The van der Waals surface area contributed by atoms with Crippen molar-refractivity contribution in [2.45, 2.75) is 66.6 Å². The lowest BCUT2D eigenvalue weighted by Gasteiger charge is -2.38. The van der Waals surface area contributed by atoms with Gasteiger partial charge in [-0.05, 0) is 35.4 Å². The summed E-state index contributed by atoms with van der Waals surface area (Å²) in [6.45, 7) is 18.1. The lowest BCUT2D eigenvalue weighted by Crippen LogP contribution is -2.39. The average Bonchev–Trinajstić information content (AvgIpc) is 2.44. The van der Waals surface area contributed by atoms with Gasteiger partial charge in [0.2, 0.25) is 0 Å². The van der Waals surface area contributed by atoms with E-state index in [4.69, 9.17) is 0 Å². The zero-order chi connectivity index (χ0) is 17.2. The highest BCUT2D eigenvalue weighted by atomic mass is 16.3. The lowest BCUT2D eigenvalue weighted by molar-refractivity contribution is -0.0696. The largest absolute Gasteiger partial charge is 0.392 e. The highest BCUT2D eigenvalue weighted by Crippen LogP contribution is 2.41. The van der Waals surface area contributed by atoms with Crippen LogP contribution in [0.5, 0.6) is 0 Å². The van der Waals surface area contributed by atoms with Crippen molar-refractivity contribution in [2.75, 3.05) is 0 Å². The van der Waals surface area contributed by atoms with Crippen molar-refractivity contribution in [1.29, 1.82) is 0 Å². The van der Waals surface area contributed by atoms with Gasteiger partial charge in [0.05, 0.1) is 12.2 Å². The maximum absolute atomic E-state index is 10.9. The number of hydrogen-bond acceptors (Lipinski definition) is 2. The van der Waals surface area contributed by atoms with Gasteiger partial charge in [0.25, 0.3) is 0 Å². The van der Waals surface area contributed by atoms with Gasteiger partial charge in [-0.1, -0.05) is 71.9 Å². The molecule has 2 heteroatoms. The molecule has 1 aromatic rings. The van der Waals surface area contributed by atoms with Crippen molar-refractivity contribution < 1.29 is 10.2 Å². The molecule has 0 radical (unpaired) electrons. The zero-order valence-corrected chi connectivity index (χ0v) is 15.1. The van der Waals surface area contributed by atoms with Gasteiger partial charge in [-0.25, -0.2) is 0 Å². The van der Waals surface area contributed by atoms with Gasteiger partial charge in [-0.15, -0.1) is 0 Å². The van der Waals surface area contributed by atoms with Crippen molar-refractivity contribution in [3.05, 3.63) is 41.5 Å². The molecule has 0 saturated heterocycles. The third-order valence-electron chi connectivity index (χ3n) is 4.60. The van der Waals surface area contributed by atoms with Crippen LogP contribution in [0.15, 0.2) is 24.8 Å². The van der Waals surface area contributed by atoms with Gasteiger partial charge in [-0.2, -0.15) is 0 Å². The Morgan fingerprint density at radius 3 is 2.05 bits per heavy atom. The number of rotatable bonds is 6. The molecule has 2 N–H and O–H groups in total. The van der Waals surface area contributed by atoms with E-state index in [1.54, 1.807) is 0 Å². The smallest absolute Gasteiger partial charge is 0.0871 e. The number of aliphatic hydroxyl groups is 2. The first-order valence-electron chi connectivity index (χ1n) is 8.16. The summed E-state index contributed by atoms with van der Waals surface area (Å²) in [4.78, 5) is 0. The summed E-state index contributed by atoms with van der Waals surface area (Å²) in [7, 11) is 0. The Balaban J connectivity index is 3.33. The predicted octanol–water partition coefficient (Wildman–Crippen LogP) is 4.92. The highest BCUT2D eigenvalue weighted by molar-refractivity contribution is 5.66. The molecular formula is C20H32O2. The summed E-state index contributed by atoms with van der Waals surface area (Å²) >= 11 is 0. The van der Waals surface area contributed by atoms with Crippen LogP contribution in [0.2, 0.25) is 0 Å². The van der Waals surface area contributed by atoms with E-state index in [0.29, 0.717) is 5.92 Å². The zero-order valence-electron chi connectivity index (χ0n) is 15.1. The van der Waals surface area contributed by atoms with Crippen LogP contribution in [-0.2, 0) is 0 Å². The van der Waals surface area contributed by atoms with Crippen LogP contribution >= 0.6 is 0 Å². The fourth-order valence-corrected chi connectivity index (χ4v) is 2.96. The second-order valence-corrected chi connectivity index (χ2v) is 7.69. The standard InChI is InChI=1S/C20H32O2/c1-12(2)15-9-10-16(17(11-15)13(3)4)19(22)20(7,8)18(21)14(5)6/h9-12,14,18-19,21-22H,3H2,1-2,4-8H3/t18-,19+/m1/s1. The quantitative estimate of drug-likeness (QED) is 0.783. The van der Waals surface area contributed by atoms with Crippen LogP contribution in [0.1, 0.15) is 77.2 Å². The second kappa shape index (κ2) is 6.97. The van der Waals surface area contributed by atoms with Crippen LogP contribution in [0.3, 0.4) is 0 Å². The Labute approximate surface area is 135 Å². The Bertz CT molecular complexity index is 527. The van der Waals surface area contributed by atoms with E-state index >= 15 is 0 Å². The fraction of sp³-hybridized carbons (Fsp3) is 0.600. The van der Waals surface area contributed by atoms with Gasteiger partial charge >= 0.3 is 0 Å². The van der Waals surface area contributed by atoms with Gasteiger partial charge in [0.15, 0.2) is 0 Å². The summed E-state index contributed by atoms with van der Waals surface area (Å²) < 4.78 is 0. The van der Waals surface area contributed by atoms with Crippen molar-refractivity contribution >= 4 is 5.57 Å². The first-order chi connectivity index (χ1) is 10.00. The van der Waals surface area contributed by atoms with E-state index in [1.807, 2.05) is 40.7 Å². The molecule has 0 fully saturated rings. The molecule has 0 heterocycles. The van der Waals surface area contributed by atoms with Gasteiger partial charge < -0.3 is 10.2 Å². The molecule has 2 nitrogen and oxygen atoms in total. The maximum atomic E-state index is 10.9. The average molecular weight is 304 g/mol. The van der Waals surface area contributed by atoms with E-state index in [9.17, 15) is 10.2 Å². The molecule has 0 aliphatic rings. The van der Waals surface area contributed by atoms with Gasteiger partial charge in [0, 0.05) is 5.41 Å². The molecular weight excluding hydrogens is 272 g/mol. The molecule has 22 heavy (non-hydrogen) atoms. The minimum absolute atomic E-state index is 0.0906. The van der Waals surface area contributed by atoms with Crippen LogP contribution in [-0.4, -0.2) is 16.3 Å². The topological polar surface area (TPSA) is 40.5 Å². The number of allylic oxidation sites excluding steroid dienone is 1. The third kappa shape index (κ3) is 3.80. The molecule has 0 aliphatic heterocycles. The van der Waals surface area contributed by atoms with E-state index in [0.717, 1.165) is 16.7 Å². The van der Waals surface area contributed by atoms with E-state index < -0.39 is 17.6 Å². The summed E-state index contributed by atoms with van der Waals surface area (Å²) in [6, 6.07) is 6.16. The summed E-state index contributed by atoms with van der Waals surface area (Å²) in [6.07, 6.45) is -1.32. The molecule has 0 saturated carbocycles. The highest BCUT2D eigenvalue weighted by Gasteiger charge is 2.38. The SMILES string of the molecule is C=C(C)c1cc(C(C)C)ccc1[C@H](O)C(C)(C)[C@H](O)C(C)C. The van der Waals surface area contributed by atoms with Crippen LogP contribution in [0, 0.1) is 11.3 Å². The summed E-state index contributed by atoms with van der Waals surface area (Å²) in [5, 5.41) is 21.4. The first kappa shape index (κ1) is 18.9. The van der Waals surface area contributed by atoms with Crippen LogP contribution in [0.4, 0.5) is 0 Å². The number of benzene rings is 1. The summed E-state index contributed by atoms with van der Waals surface area (Å²) in [5.74, 6) is 0.520. The molecule has 1 aromatic carbocycles. The molecule has 2 atom stereocenters. The fourth-order valence-electron chi connectivity index (χ4n) is 2.96. The Morgan fingerprint density at radius 1 is 1.09 bits per heavy atom. The third-order valence-corrected chi connectivity index (χ3v) is 4.60. The van der Waals surface area contributed by atoms with Crippen molar-refractivity contribution in [1.82, 2.24) is 0 Å². The minimum atomic E-state index is -0.738. The number of hydrogen-bond donors (Lipinski definition) is 2. The monoisotopic (exact) mass is 304 g/mol. The Kier molecular flexibility index (Phi) is 6.00. The molecule has 0 amide bonds. The molecule has 0 bridgehead atoms. The van der Waals surface area contributed by atoms with Crippen LogP contribution in [0.25, 0.3) is 5.57 Å². The molecule has 0 unspecified atom stereocenters. The second-order valence-electron chi connectivity index (χ2n) is 7.69. The number of aliphatic hydroxyl groups excluding tert-OH is 2. The molecule has 1 rings (SSSR count). The Morgan fingerprint density at radius 2 is 1.64 bits per heavy atom. The molecule has 124 valence electrons. The van der Waals surface area contributed by atoms with Crippen molar-refractivity contribution in [3.63, 3.8) is 0 Å². The lowest BCUT2D eigenvalue weighted by atomic mass is 9.72. The first-order valence-corrected chi connectivity index (χ1v) is 8.16. The van der Waals surface area contributed by atoms with Crippen molar-refractivity contribution in [2.24, 2.45) is 11.3 Å². The maximum Gasteiger partial charge on any atom is 0.0871 e.